The number of nitrogens with one attached hydrogen (secondary N) is 2. The summed E-state index contributed by atoms with van der Waals surface area (Å²) in [5, 5.41) is 5.46. The number of anilines is 1. The standard InChI is InChI=1S/C29H25ClFN3O5/c1-3-6-20-13-19(15-25(38-2)27(20)39-17-18-9-11-21(30)12-10-18)14-24-28(36)34(29(37)33-24)16-26(35)32-23-8-5-4-7-22(23)31/h3-5,7-15H,1,6,16-17H2,2H3,(H,32,35)(H,33,37)/b24-14+. The van der Waals surface area contributed by atoms with Crippen molar-refractivity contribution in [1.29, 1.82) is 0 Å². The van der Waals surface area contributed by atoms with Gasteiger partial charge in [-0.1, -0.05) is 41.9 Å². The van der Waals surface area contributed by atoms with Crippen LogP contribution in [0.25, 0.3) is 6.08 Å². The zero-order chi connectivity index (χ0) is 27.9. The van der Waals surface area contributed by atoms with Crippen molar-refractivity contribution in [3.63, 3.8) is 0 Å². The van der Waals surface area contributed by atoms with E-state index in [4.69, 9.17) is 21.1 Å². The molecule has 1 aliphatic heterocycles. The molecule has 4 rings (SSSR count). The number of hydrogen-bond acceptors (Lipinski definition) is 5. The first-order valence-corrected chi connectivity index (χ1v) is 12.2. The number of methoxy groups -OCH3 is 1. The molecule has 0 aromatic heterocycles. The molecule has 0 bridgehead atoms. The molecule has 0 unspecified atom stereocenters. The maximum absolute atomic E-state index is 13.8. The van der Waals surface area contributed by atoms with Crippen molar-refractivity contribution in [2.45, 2.75) is 13.0 Å². The number of para-hydroxylation sites is 1. The zero-order valence-electron chi connectivity index (χ0n) is 21.0. The van der Waals surface area contributed by atoms with Gasteiger partial charge in [0.25, 0.3) is 5.91 Å². The van der Waals surface area contributed by atoms with Crippen molar-refractivity contribution in [3.8, 4) is 11.5 Å². The van der Waals surface area contributed by atoms with Gasteiger partial charge in [0.1, 0.15) is 24.7 Å². The molecule has 10 heteroatoms. The van der Waals surface area contributed by atoms with Crippen molar-refractivity contribution in [2.24, 2.45) is 0 Å². The molecule has 4 amide bonds. The number of benzene rings is 3. The number of imide groups is 1. The third-order valence-corrected chi connectivity index (χ3v) is 6.01. The van der Waals surface area contributed by atoms with Gasteiger partial charge in [-0.15, -0.1) is 6.58 Å². The topological polar surface area (TPSA) is 97.0 Å². The largest absolute Gasteiger partial charge is 0.493 e. The Morgan fingerprint density at radius 2 is 1.90 bits per heavy atom. The van der Waals surface area contributed by atoms with E-state index in [-0.39, 0.29) is 18.0 Å². The molecule has 1 saturated heterocycles. The van der Waals surface area contributed by atoms with Crippen molar-refractivity contribution >= 4 is 41.2 Å². The van der Waals surface area contributed by atoms with E-state index in [0.29, 0.717) is 28.5 Å². The smallest absolute Gasteiger partial charge is 0.329 e. The summed E-state index contributed by atoms with van der Waals surface area (Å²) in [5.41, 5.74) is 2.15. The summed E-state index contributed by atoms with van der Waals surface area (Å²) in [4.78, 5) is 38.5. The molecule has 3 aromatic rings. The monoisotopic (exact) mass is 549 g/mol. The molecule has 200 valence electrons. The fourth-order valence-electron chi connectivity index (χ4n) is 3.90. The summed E-state index contributed by atoms with van der Waals surface area (Å²) >= 11 is 5.96. The average Bonchev–Trinajstić information content (AvgIpc) is 3.17. The van der Waals surface area contributed by atoms with E-state index >= 15 is 0 Å². The Morgan fingerprint density at radius 1 is 1.15 bits per heavy atom. The lowest BCUT2D eigenvalue weighted by Gasteiger charge is -2.16. The number of ether oxygens (including phenoxy) is 2. The predicted molar refractivity (Wildman–Crippen MR) is 146 cm³/mol. The molecule has 0 aliphatic carbocycles. The van der Waals surface area contributed by atoms with Gasteiger partial charge in [-0.2, -0.15) is 0 Å². The first kappa shape index (κ1) is 27.4. The highest BCUT2D eigenvalue weighted by molar-refractivity contribution is 6.30. The molecule has 1 heterocycles. The normalized spacial score (nSPS) is 13.8. The third kappa shape index (κ3) is 6.63. The highest BCUT2D eigenvalue weighted by atomic mass is 35.5. The van der Waals surface area contributed by atoms with Gasteiger partial charge in [-0.25, -0.2) is 14.1 Å². The summed E-state index contributed by atoms with van der Waals surface area (Å²) in [6.07, 6.45) is 3.64. The van der Waals surface area contributed by atoms with Gasteiger partial charge in [0.15, 0.2) is 11.5 Å². The quantitative estimate of drug-likeness (QED) is 0.202. The van der Waals surface area contributed by atoms with Gasteiger partial charge in [0, 0.05) is 10.6 Å². The van der Waals surface area contributed by atoms with Crippen LogP contribution in [0.15, 0.2) is 79.0 Å². The van der Waals surface area contributed by atoms with Gasteiger partial charge < -0.3 is 20.1 Å². The number of rotatable bonds is 10. The lowest BCUT2D eigenvalue weighted by atomic mass is 10.0. The van der Waals surface area contributed by atoms with Crippen molar-refractivity contribution in [3.05, 3.63) is 107 Å². The first-order valence-electron chi connectivity index (χ1n) is 11.9. The Balaban J connectivity index is 1.53. The summed E-state index contributed by atoms with van der Waals surface area (Å²) in [6, 6.07) is 15.6. The molecule has 8 nitrogen and oxygen atoms in total. The number of carbonyl (C=O) groups is 3. The lowest BCUT2D eigenvalue weighted by Crippen LogP contribution is -2.38. The van der Waals surface area contributed by atoms with Crippen molar-refractivity contribution in [1.82, 2.24) is 10.2 Å². The third-order valence-electron chi connectivity index (χ3n) is 5.76. The fourth-order valence-corrected chi connectivity index (χ4v) is 4.03. The van der Waals surface area contributed by atoms with Crippen molar-refractivity contribution in [2.75, 3.05) is 19.0 Å². The average molecular weight is 550 g/mol. The van der Waals surface area contributed by atoms with Gasteiger partial charge in [0.2, 0.25) is 5.91 Å². The minimum Gasteiger partial charge on any atom is -0.493 e. The number of urea groups is 1. The first-order chi connectivity index (χ1) is 18.8. The second kappa shape index (κ2) is 12.3. The van der Waals surface area contributed by atoms with Crippen LogP contribution in [0.3, 0.4) is 0 Å². The van der Waals surface area contributed by atoms with Crippen LogP contribution in [0.5, 0.6) is 11.5 Å². The van der Waals surface area contributed by atoms with Crippen LogP contribution in [-0.4, -0.2) is 36.4 Å². The van der Waals surface area contributed by atoms with Crippen LogP contribution in [-0.2, 0) is 22.6 Å². The number of amides is 4. The molecule has 0 radical (unpaired) electrons. The Kier molecular flexibility index (Phi) is 8.63. The fraction of sp³-hybridized carbons (Fsp3) is 0.138. The van der Waals surface area contributed by atoms with Crippen LogP contribution < -0.4 is 20.1 Å². The number of nitrogens with zero attached hydrogens (tertiary/aromatic N) is 1. The summed E-state index contributed by atoms with van der Waals surface area (Å²) in [5.74, 6) is -1.11. The number of allylic oxidation sites excluding steroid dienone is 1. The molecule has 0 spiro atoms. The number of halogens is 2. The van der Waals surface area contributed by atoms with Crippen LogP contribution in [0, 0.1) is 5.82 Å². The van der Waals surface area contributed by atoms with E-state index < -0.39 is 30.2 Å². The van der Waals surface area contributed by atoms with Gasteiger partial charge in [0.05, 0.1) is 12.8 Å². The minimum atomic E-state index is -0.767. The number of hydrogen-bond donors (Lipinski definition) is 2. The predicted octanol–water partition coefficient (Wildman–Crippen LogP) is 5.33. The second-order valence-electron chi connectivity index (χ2n) is 8.53. The molecular formula is C29H25ClFN3O5. The summed E-state index contributed by atoms with van der Waals surface area (Å²) in [7, 11) is 1.50. The van der Waals surface area contributed by atoms with E-state index in [9.17, 15) is 18.8 Å². The second-order valence-corrected chi connectivity index (χ2v) is 8.96. The highest BCUT2D eigenvalue weighted by Gasteiger charge is 2.35. The summed E-state index contributed by atoms with van der Waals surface area (Å²) in [6.45, 7) is 3.49. The maximum Gasteiger partial charge on any atom is 0.329 e. The SMILES string of the molecule is C=CCc1cc(/C=C2/NC(=O)N(CC(=O)Nc3ccccc3F)C2=O)cc(OC)c1OCc1ccc(Cl)cc1. The van der Waals surface area contributed by atoms with E-state index in [1.807, 2.05) is 12.1 Å². The molecule has 0 atom stereocenters. The molecule has 3 aromatic carbocycles. The van der Waals surface area contributed by atoms with Gasteiger partial charge in [-0.05, 0) is 60.0 Å². The highest BCUT2D eigenvalue weighted by Crippen LogP contribution is 2.35. The molecule has 39 heavy (non-hydrogen) atoms. The van der Waals surface area contributed by atoms with Crippen LogP contribution in [0.4, 0.5) is 14.9 Å². The molecule has 1 fully saturated rings. The number of carbonyl (C=O) groups excluding carboxylic acids is 3. The summed E-state index contributed by atoms with van der Waals surface area (Å²) < 4.78 is 25.5. The van der Waals surface area contributed by atoms with E-state index in [2.05, 4.69) is 17.2 Å². The molecular weight excluding hydrogens is 525 g/mol. The Bertz CT molecular complexity index is 1460. The molecule has 1 aliphatic rings. The van der Waals surface area contributed by atoms with Crippen molar-refractivity contribution < 1.29 is 28.2 Å². The molecule has 2 N–H and O–H groups in total. The zero-order valence-corrected chi connectivity index (χ0v) is 21.8. The maximum atomic E-state index is 13.8. The molecule has 0 saturated carbocycles. The lowest BCUT2D eigenvalue weighted by molar-refractivity contribution is -0.127. The van der Waals surface area contributed by atoms with Gasteiger partial charge in [-0.3, -0.25) is 9.59 Å². The van der Waals surface area contributed by atoms with E-state index in [1.54, 1.807) is 36.4 Å². The minimum absolute atomic E-state index is 0.0277. The van der Waals surface area contributed by atoms with Crippen LogP contribution >= 0.6 is 11.6 Å². The van der Waals surface area contributed by atoms with E-state index in [0.717, 1.165) is 16.0 Å². The van der Waals surface area contributed by atoms with Crippen LogP contribution in [0.2, 0.25) is 5.02 Å². The Morgan fingerprint density at radius 3 is 2.59 bits per heavy atom. The Labute approximate surface area is 229 Å². The Hall–Kier alpha value is -4.63. The van der Waals surface area contributed by atoms with Gasteiger partial charge >= 0.3 is 6.03 Å². The van der Waals surface area contributed by atoms with Crippen LogP contribution in [0.1, 0.15) is 16.7 Å². The van der Waals surface area contributed by atoms with E-state index in [1.165, 1.54) is 31.4 Å².